The number of H-pyrrole nitrogens is 1. The molecule has 24 heavy (non-hydrogen) atoms. The number of fused-ring (bicyclic) bond motifs is 1. The Morgan fingerprint density at radius 3 is 2.46 bits per heavy atom. The third-order valence-electron chi connectivity index (χ3n) is 4.31. The summed E-state index contributed by atoms with van der Waals surface area (Å²) in [7, 11) is -3.64. The summed E-state index contributed by atoms with van der Waals surface area (Å²) in [6.45, 7) is 3.45. The molecule has 1 fully saturated rings. The summed E-state index contributed by atoms with van der Waals surface area (Å²) >= 11 is 0. The van der Waals surface area contributed by atoms with Crippen LogP contribution in [-0.2, 0) is 9.84 Å². The summed E-state index contributed by atoms with van der Waals surface area (Å²) < 4.78 is 26.1. The van der Waals surface area contributed by atoms with Crippen LogP contribution >= 0.6 is 0 Å². The lowest BCUT2D eigenvalue weighted by molar-refractivity contribution is 0.588. The first-order chi connectivity index (χ1) is 11.7. The van der Waals surface area contributed by atoms with Gasteiger partial charge in [0.2, 0.25) is 9.84 Å². The molecule has 3 aromatic rings. The fraction of sp³-hybridized carbons (Fsp3) is 0.235. The molecule has 2 aromatic carbocycles. The van der Waals surface area contributed by atoms with Gasteiger partial charge in [0.15, 0.2) is 5.03 Å². The van der Waals surface area contributed by atoms with Crippen molar-refractivity contribution in [3.63, 3.8) is 0 Å². The number of nitrogens with one attached hydrogen (secondary N) is 2. The number of aromatic nitrogens is 2. The van der Waals surface area contributed by atoms with Gasteiger partial charge in [-0.1, -0.05) is 24.3 Å². The molecule has 1 aliphatic heterocycles. The van der Waals surface area contributed by atoms with Gasteiger partial charge >= 0.3 is 0 Å². The smallest absolute Gasteiger partial charge is 0.223 e. The van der Waals surface area contributed by atoms with Gasteiger partial charge in [0.05, 0.1) is 15.8 Å². The highest BCUT2D eigenvalue weighted by Crippen LogP contribution is 2.33. The largest absolute Gasteiger partial charge is 0.368 e. The topological polar surface area (TPSA) is 78.1 Å². The molecular formula is C17H18N4O2S. The third-order valence-corrected chi connectivity index (χ3v) is 6.03. The average molecular weight is 342 g/mol. The van der Waals surface area contributed by atoms with Gasteiger partial charge in [-0.2, -0.15) is 5.10 Å². The van der Waals surface area contributed by atoms with E-state index in [2.05, 4.69) is 20.4 Å². The van der Waals surface area contributed by atoms with E-state index in [0.29, 0.717) is 10.9 Å². The number of piperazine rings is 1. The molecule has 1 aliphatic rings. The maximum absolute atomic E-state index is 13.0. The Labute approximate surface area is 140 Å². The number of hydrogen-bond acceptors (Lipinski definition) is 5. The summed E-state index contributed by atoms with van der Waals surface area (Å²) in [5, 5.41) is 11.1. The molecule has 0 amide bonds. The molecule has 6 nitrogen and oxygen atoms in total. The minimum Gasteiger partial charge on any atom is -0.368 e. The predicted octanol–water partition coefficient (Wildman–Crippen LogP) is 1.81. The number of hydrogen-bond donors (Lipinski definition) is 2. The van der Waals surface area contributed by atoms with Crippen molar-refractivity contribution in [2.45, 2.75) is 9.92 Å². The van der Waals surface area contributed by atoms with Gasteiger partial charge in [-0.3, -0.25) is 5.10 Å². The first-order valence-electron chi connectivity index (χ1n) is 7.91. The zero-order valence-corrected chi connectivity index (χ0v) is 13.9. The highest BCUT2D eigenvalue weighted by molar-refractivity contribution is 7.91. The molecule has 4 rings (SSSR count). The highest BCUT2D eigenvalue weighted by Gasteiger charge is 2.26. The van der Waals surface area contributed by atoms with E-state index < -0.39 is 9.84 Å². The standard InChI is InChI=1S/C17H18N4O2S/c22-24(23,13-5-2-1-3-6-13)17-16-14(19-20-17)7-4-8-15(16)21-11-9-18-10-12-21/h1-8,18H,9-12H2,(H,19,20). The van der Waals surface area contributed by atoms with Crippen molar-refractivity contribution in [3.05, 3.63) is 48.5 Å². The lowest BCUT2D eigenvalue weighted by atomic mass is 10.2. The molecule has 1 aromatic heterocycles. The Bertz CT molecular complexity index is 961. The van der Waals surface area contributed by atoms with Gasteiger partial charge in [-0.05, 0) is 24.3 Å². The van der Waals surface area contributed by atoms with Crippen LogP contribution in [0.3, 0.4) is 0 Å². The quantitative estimate of drug-likeness (QED) is 0.759. The Kier molecular flexibility index (Phi) is 3.74. The molecule has 0 spiro atoms. The Balaban J connectivity index is 1.91. The first kappa shape index (κ1) is 15.2. The van der Waals surface area contributed by atoms with E-state index in [1.807, 2.05) is 18.2 Å². The number of sulfone groups is 1. The number of benzene rings is 2. The van der Waals surface area contributed by atoms with E-state index in [-0.39, 0.29) is 9.92 Å². The van der Waals surface area contributed by atoms with Crippen LogP contribution in [-0.4, -0.2) is 44.8 Å². The van der Waals surface area contributed by atoms with Crippen LogP contribution in [0, 0.1) is 0 Å². The molecular weight excluding hydrogens is 324 g/mol. The monoisotopic (exact) mass is 342 g/mol. The zero-order chi connectivity index (χ0) is 16.6. The SMILES string of the molecule is O=S(=O)(c1ccccc1)c1[nH]nc2cccc(N3CCNCC3)c12. The molecule has 0 radical (unpaired) electrons. The molecule has 0 aliphatic carbocycles. The van der Waals surface area contributed by atoms with E-state index in [1.165, 1.54) is 0 Å². The van der Waals surface area contributed by atoms with Crippen molar-refractivity contribution in [1.29, 1.82) is 0 Å². The summed E-state index contributed by atoms with van der Waals surface area (Å²) in [5.41, 5.74) is 1.58. The lowest BCUT2D eigenvalue weighted by Crippen LogP contribution is -2.43. The van der Waals surface area contributed by atoms with Crippen molar-refractivity contribution in [1.82, 2.24) is 15.5 Å². The van der Waals surface area contributed by atoms with Gasteiger partial charge < -0.3 is 10.2 Å². The van der Waals surface area contributed by atoms with E-state index >= 15 is 0 Å². The van der Waals surface area contributed by atoms with Gasteiger partial charge in [-0.25, -0.2) is 8.42 Å². The number of anilines is 1. The van der Waals surface area contributed by atoms with Crippen LogP contribution in [0.15, 0.2) is 58.5 Å². The van der Waals surface area contributed by atoms with Crippen LogP contribution < -0.4 is 10.2 Å². The highest BCUT2D eigenvalue weighted by atomic mass is 32.2. The van der Waals surface area contributed by atoms with Crippen LogP contribution in [0.5, 0.6) is 0 Å². The van der Waals surface area contributed by atoms with Crippen molar-refractivity contribution in [2.24, 2.45) is 0 Å². The Morgan fingerprint density at radius 2 is 1.71 bits per heavy atom. The molecule has 0 saturated carbocycles. The fourth-order valence-electron chi connectivity index (χ4n) is 3.10. The molecule has 1 saturated heterocycles. The van der Waals surface area contributed by atoms with Crippen molar-refractivity contribution in [3.8, 4) is 0 Å². The van der Waals surface area contributed by atoms with Crippen LogP contribution in [0.1, 0.15) is 0 Å². The molecule has 7 heteroatoms. The van der Waals surface area contributed by atoms with Crippen molar-refractivity contribution < 1.29 is 8.42 Å². The van der Waals surface area contributed by atoms with Crippen LogP contribution in [0.2, 0.25) is 0 Å². The molecule has 2 N–H and O–H groups in total. The maximum Gasteiger partial charge on any atom is 0.223 e. The second-order valence-corrected chi connectivity index (χ2v) is 7.66. The Hall–Kier alpha value is -2.38. The molecule has 0 atom stereocenters. The fourth-order valence-corrected chi connectivity index (χ4v) is 4.50. The molecule has 2 heterocycles. The lowest BCUT2D eigenvalue weighted by Gasteiger charge is -2.30. The van der Waals surface area contributed by atoms with Crippen LogP contribution in [0.4, 0.5) is 5.69 Å². The van der Waals surface area contributed by atoms with Gasteiger partial charge in [0.1, 0.15) is 0 Å². The van der Waals surface area contributed by atoms with Gasteiger partial charge in [-0.15, -0.1) is 0 Å². The summed E-state index contributed by atoms with van der Waals surface area (Å²) in [6.07, 6.45) is 0. The number of aromatic amines is 1. The summed E-state index contributed by atoms with van der Waals surface area (Å²) in [5.74, 6) is 0. The average Bonchev–Trinajstić information content (AvgIpc) is 3.08. The molecule has 0 bridgehead atoms. The second kappa shape index (κ2) is 5.92. The maximum atomic E-state index is 13.0. The van der Waals surface area contributed by atoms with E-state index in [9.17, 15) is 8.42 Å². The van der Waals surface area contributed by atoms with E-state index in [0.717, 1.165) is 31.9 Å². The minimum atomic E-state index is -3.64. The minimum absolute atomic E-state index is 0.165. The van der Waals surface area contributed by atoms with Crippen molar-refractivity contribution >= 4 is 26.4 Å². The zero-order valence-electron chi connectivity index (χ0n) is 13.1. The number of rotatable bonds is 3. The normalized spacial score (nSPS) is 15.8. The third kappa shape index (κ3) is 2.46. The number of nitrogens with zero attached hydrogens (tertiary/aromatic N) is 2. The van der Waals surface area contributed by atoms with Crippen LogP contribution in [0.25, 0.3) is 10.9 Å². The van der Waals surface area contributed by atoms with Gasteiger partial charge in [0.25, 0.3) is 0 Å². The van der Waals surface area contributed by atoms with Gasteiger partial charge in [0, 0.05) is 31.9 Å². The van der Waals surface area contributed by atoms with E-state index in [1.54, 1.807) is 30.3 Å². The summed E-state index contributed by atoms with van der Waals surface area (Å²) in [4.78, 5) is 2.48. The van der Waals surface area contributed by atoms with E-state index in [4.69, 9.17) is 0 Å². The molecule has 0 unspecified atom stereocenters. The van der Waals surface area contributed by atoms with Crippen molar-refractivity contribution in [2.75, 3.05) is 31.1 Å². The summed E-state index contributed by atoms with van der Waals surface area (Å²) in [6, 6.07) is 14.2. The second-order valence-electron chi connectivity index (χ2n) is 5.78. The molecule has 124 valence electrons. The first-order valence-corrected chi connectivity index (χ1v) is 9.39. The Morgan fingerprint density at radius 1 is 0.958 bits per heavy atom. The predicted molar refractivity (Wildman–Crippen MR) is 93.1 cm³/mol.